The highest BCUT2D eigenvalue weighted by atomic mass is 16.5. The molecular formula is C14H15N3O2. The van der Waals surface area contributed by atoms with Gasteiger partial charge in [0.2, 0.25) is 0 Å². The average molecular weight is 257 g/mol. The minimum absolute atomic E-state index is 0.356. The van der Waals surface area contributed by atoms with Gasteiger partial charge >= 0.3 is 5.97 Å². The molecule has 2 aromatic rings. The molecule has 0 unspecified atom stereocenters. The molecular weight excluding hydrogens is 242 g/mol. The molecule has 0 saturated heterocycles. The van der Waals surface area contributed by atoms with Crippen molar-refractivity contribution >= 4 is 11.7 Å². The summed E-state index contributed by atoms with van der Waals surface area (Å²) in [6.07, 6.45) is 4.93. The van der Waals surface area contributed by atoms with Crippen molar-refractivity contribution in [3.8, 4) is 0 Å². The summed E-state index contributed by atoms with van der Waals surface area (Å²) in [4.78, 5) is 19.9. The molecule has 5 heteroatoms. The topological polar surface area (TPSA) is 64.1 Å². The molecule has 1 N–H and O–H groups in total. The summed E-state index contributed by atoms with van der Waals surface area (Å²) in [5.74, 6) is -0.356. The molecule has 0 saturated carbocycles. The van der Waals surface area contributed by atoms with Crippen molar-refractivity contribution in [3.05, 3.63) is 53.6 Å². The lowest BCUT2D eigenvalue weighted by Gasteiger charge is -2.11. The van der Waals surface area contributed by atoms with E-state index in [2.05, 4.69) is 15.3 Å². The van der Waals surface area contributed by atoms with Crippen LogP contribution in [0.4, 0.5) is 5.69 Å². The molecule has 0 spiro atoms. The van der Waals surface area contributed by atoms with Crippen LogP contribution in [0.1, 0.15) is 21.6 Å². The van der Waals surface area contributed by atoms with Gasteiger partial charge in [-0.15, -0.1) is 0 Å². The van der Waals surface area contributed by atoms with E-state index in [4.69, 9.17) is 4.74 Å². The summed E-state index contributed by atoms with van der Waals surface area (Å²) in [6.45, 7) is 2.43. The van der Waals surface area contributed by atoms with Crippen LogP contribution in [0.15, 0.2) is 36.8 Å². The minimum atomic E-state index is -0.356. The number of methoxy groups -OCH3 is 1. The highest BCUT2D eigenvalue weighted by Gasteiger charge is 2.11. The van der Waals surface area contributed by atoms with E-state index in [0.29, 0.717) is 12.1 Å². The van der Waals surface area contributed by atoms with Crippen molar-refractivity contribution < 1.29 is 9.53 Å². The summed E-state index contributed by atoms with van der Waals surface area (Å²) >= 11 is 0. The molecule has 0 fully saturated rings. The first-order chi connectivity index (χ1) is 9.20. The van der Waals surface area contributed by atoms with Gasteiger partial charge in [0.15, 0.2) is 0 Å². The molecule has 0 aliphatic heterocycles. The van der Waals surface area contributed by atoms with Crippen molar-refractivity contribution in [2.24, 2.45) is 0 Å². The summed E-state index contributed by atoms with van der Waals surface area (Å²) in [5, 5.41) is 3.17. The van der Waals surface area contributed by atoms with Crippen LogP contribution in [0.3, 0.4) is 0 Å². The summed E-state index contributed by atoms with van der Waals surface area (Å²) in [7, 11) is 1.37. The summed E-state index contributed by atoms with van der Waals surface area (Å²) < 4.78 is 4.78. The Hall–Kier alpha value is -2.43. The number of rotatable bonds is 4. The number of carbonyl (C=O) groups excluding carboxylic acids is 1. The Balaban J connectivity index is 2.18. The van der Waals surface area contributed by atoms with Crippen molar-refractivity contribution in [1.82, 2.24) is 9.97 Å². The first-order valence-electron chi connectivity index (χ1n) is 5.88. The van der Waals surface area contributed by atoms with Crippen LogP contribution in [0.25, 0.3) is 0 Å². The number of nitrogens with one attached hydrogen (secondary N) is 1. The second-order valence-electron chi connectivity index (χ2n) is 4.09. The SMILES string of the molecule is COC(=O)c1cc(C)ccc1NCc1cnccn1. The Kier molecular flexibility index (Phi) is 4.07. The number of hydrogen-bond acceptors (Lipinski definition) is 5. The maximum Gasteiger partial charge on any atom is 0.339 e. The molecule has 1 aromatic carbocycles. The van der Waals surface area contributed by atoms with Crippen LogP contribution in [0, 0.1) is 6.92 Å². The summed E-state index contributed by atoms with van der Waals surface area (Å²) in [6, 6.07) is 5.59. The zero-order chi connectivity index (χ0) is 13.7. The van der Waals surface area contributed by atoms with E-state index < -0.39 is 0 Å². The van der Waals surface area contributed by atoms with Crippen molar-refractivity contribution in [2.75, 3.05) is 12.4 Å². The van der Waals surface area contributed by atoms with Gasteiger partial charge in [0.05, 0.1) is 31.1 Å². The van der Waals surface area contributed by atoms with E-state index in [1.807, 2.05) is 19.1 Å². The second kappa shape index (κ2) is 5.95. The van der Waals surface area contributed by atoms with E-state index in [-0.39, 0.29) is 5.97 Å². The first kappa shape index (κ1) is 13.0. The number of esters is 1. The van der Waals surface area contributed by atoms with E-state index in [1.165, 1.54) is 7.11 Å². The average Bonchev–Trinajstić information content (AvgIpc) is 2.46. The smallest absolute Gasteiger partial charge is 0.339 e. The van der Waals surface area contributed by atoms with Gasteiger partial charge in [-0.05, 0) is 19.1 Å². The largest absolute Gasteiger partial charge is 0.465 e. The molecule has 1 heterocycles. The van der Waals surface area contributed by atoms with Gasteiger partial charge in [-0.25, -0.2) is 4.79 Å². The van der Waals surface area contributed by atoms with E-state index >= 15 is 0 Å². The zero-order valence-corrected chi connectivity index (χ0v) is 10.9. The Morgan fingerprint density at radius 1 is 1.37 bits per heavy atom. The number of aryl methyl sites for hydroxylation is 1. The van der Waals surface area contributed by atoms with Gasteiger partial charge in [0, 0.05) is 18.1 Å². The Morgan fingerprint density at radius 3 is 2.89 bits per heavy atom. The Bertz CT molecular complexity index is 570. The van der Waals surface area contributed by atoms with Crippen LogP contribution in [-0.2, 0) is 11.3 Å². The quantitative estimate of drug-likeness (QED) is 0.850. The number of anilines is 1. The maximum absolute atomic E-state index is 11.7. The third-order valence-corrected chi connectivity index (χ3v) is 2.66. The lowest BCUT2D eigenvalue weighted by molar-refractivity contribution is 0.0601. The third kappa shape index (κ3) is 3.28. The lowest BCUT2D eigenvalue weighted by Crippen LogP contribution is -2.09. The van der Waals surface area contributed by atoms with Crippen molar-refractivity contribution in [3.63, 3.8) is 0 Å². The molecule has 19 heavy (non-hydrogen) atoms. The molecule has 0 aliphatic carbocycles. The fourth-order valence-electron chi connectivity index (χ4n) is 1.70. The van der Waals surface area contributed by atoms with Gasteiger partial charge in [-0.3, -0.25) is 9.97 Å². The van der Waals surface area contributed by atoms with Gasteiger partial charge in [-0.1, -0.05) is 11.6 Å². The molecule has 0 bridgehead atoms. The van der Waals surface area contributed by atoms with Crippen LogP contribution in [0.5, 0.6) is 0 Å². The van der Waals surface area contributed by atoms with E-state index in [0.717, 1.165) is 16.9 Å². The van der Waals surface area contributed by atoms with Crippen LogP contribution >= 0.6 is 0 Å². The first-order valence-corrected chi connectivity index (χ1v) is 5.88. The van der Waals surface area contributed by atoms with Crippen LogP contribution in [0.2, 0.25) is 0 Å². The molecule has 98 valence electrons. The Morgan fingerprint density at radius 2 is 2.21 bits per heavy atom. The molecule has 0 aliphatic rings. The van der Waals surface area contributed by atoms with Gasteiger partial charge < -0.3 is 10.1 Å². The zero-order valence-electron chi connectivity index (χ0n) is 10.9. The lowest BCUT2D eigenvalue weighted by atomic mass is 10.1. The highest BCUT2D eigenvalue weighted by Crippen LogP contribution is 2.19. The standard InChI is InChI=1S/C14H15N3O2/c1-10-3-4-13(12(7-10)14(18)19-2)17-9-11-8-15-5-6-16-11/h3-8,17H,9H2,1-2H3. The number of aromatic nitrogens is 2. The van der Waals surface area contributed by atoms with Gasteiger partial charge in [0.25, 0.3) is 0 Å². The molecule has 2 rings (SSSR count). The predicted octanol–water partition coefficient (Wildman–Crippen LogP) is 2.18. The van der Waals surface area contributed by atoms with Crippen molar-refractivity contribution in [1.29, 1.82) is 0 Å². The molecule has 5 nitrogen and oxygen atoms in total. The van der Waals surface area contributed by atoms with Gasteiger partial charge in [0.1, 0.15) is 0 Å². The number of hydrogen-bond donors (Lipinski definition) is 1. The Labute approximate surface area is 111 Å². The highest BCUT2D eigenvalue weighted by molar-refractivity contribution is 5.95. The molecule has 0 amide bonds. The fraction of sp³-hybridized carbons (Fsp3) is 0.214. The van der Waals surface area contributed by atoms with E-state index in [9.17, 15) is 4.79 Å². The van der Waals surface area contributed by atoms with Gasteiger partial charge in [-0.2, -0.15) is 0 Å². The molecule has 0 atom stereocenters. The number of nitrogens with zero attached hydrogens (tertiary/aromatic N) is 2. The van der Waals surface area contributed by atoms with Crippen LogP contribution in [-0.4, -0.2) is 23.0 Å². The molecule has 1 aromatic heterocycles. The fourth-order valence-corrected chi connectivity index (χ4v) is 1.70. The normalized spacial score (nSPS) is 10.0. The van der Waals surface area contributed by atoms with Crippen molar-refractivity contribution in [2.45, 2.75) is 13.5 Å². The maximum atomic E-state index is 11.7. The third-order valence-electron chi connectivity index (χ3n) is 2.66. The number of ether oxygens (including phenoxy) is 1. The number of carbonyl (C=O) groups is 1. The second-order valence-corrected chi connectivity index (χ2v) is 4.09. The predicted molar refractivity (Wildman–Crippen MR) is 71.9 cm³/mol. The summed E-state index contributed by atoms with van der Waals surface area (Å²) in [5.41, 5.74) is 3.05. The molecule has 0 radical (unpaired) electrons. The minimum Gasteiger partial charge on any atom is -0.465 e. The monoisotopic (exact) mass is 257 g/mol. The number of benzene rings is 1. The van der Waals surface area contributed by atoms with E-state index in [1.54, 1.807) is 24.7 Å². The van der Waals surface area contributed by atoms with Crippen LogP contribution < -0.4 is 5.32 Å².